The van der Waals surface area contributed by atoms with Crippen LogP contribution >= 0.6 is 0 Å². The lowest BCUT2D eigenvalue weighted by atomic mass is 9.99. The van der Waals surface area contributed by atoms with Gasteiger partial charge in [0.05, 0.1) is 7.11 Å². The Morgan fingerprint density at radius 3 is 2.65 bits per heavy atom. The van der Waals surface area contributed by atoms with Gasteiger partial charge in [0.15, 0.2) is 5.69 Å². The molecule has 0 spiro atoms. The first-order valence-corrected chi connectivity index (χ1v) is 9.16. The fourth-order valence-electron chi connectivity index (χ4n) is 3.15. The van der Waals surface area contributed by atoms with E-state index in [4.69, 9.17) is 4.74 Å². The number of carbonyl (C=O) groups is 1. The van der Waals surface area contributed by atoms with Crippen molar-refractivity contribution in [3.63, 3.8) is 0 Å². The van der Waals surface area contributed by atoms with Gasteiger partial charge in [-0.1, -0.05) is 25.1 Å². The molecule has 0 bridgehead atoms. The minimum Gasteiger partial charge on any atom is -0.496 e. The SMILES string of the molecule is COc1ccccc1CCNc1ccc(C(=O)N2CCC(C)CC2)nn1. The summed E-state index contributed by atoms with van der Waals surface area (Å²) in [5.74, 6) is 2.23. The van der Waals surface area contributed by atoms with E-state index >= 15 is 0 Å². The molecule has 0 unspecified atom stereocenters. The predicted molar refractivity (Wildman–Crippen MR) is 102 cm³/mol. The van der Waals surface area contributed by atoms with E-state index in [0.717, 1.165) is 43.7 Å². The second-order valence-electron chi connectivity index (χ2n) is 6.77. The Labute approximate surface area is 154 Å². The highest BCUT2D eigenvalue weighted by Crippen LogP contribution is 2.19. The van der Waals surface area contributed by atoms with Crippen LogP contribution in [0.1, 0.15) is 35.8 Å². The number of amides is 1. The molecule has 1 aliphatic heterocycles. The average Bonchev–Trinajstić information content (AvgIpc) is 2.69. The summed E-state index contributed by atoms with van der Waals surface area (Å²) in [5, 5.41) is 11.5. The van der Waals surface area contributed by atoms with Crippen molar-refractivity contribution in [3.8, 4) is 5.75 Å². The van der Waals surface area contributed by atoms with Crippen LogP contribution in [0.4, 0.5) is 5.82 Å². The molecule has 0 aliphatic carbocycles. The van der Waals surface area contributed by atoms with Crippen LogP contribution in [0.3, 0.4) is 0 Å². The Hall–Kier alpha value is -2.63. The fourth-order valence-corrected chi connectivity index (χ4v) is 3.15. The van der Waals surface area contributed by atoms with Crippen molar-refractivity contribution < 1.29 is 9.53 Å². The second-order valence-corrected chi connectivity index (χ2v) is 6.77. The number of ether oxygens (including phenoxy) is 1. The second kappa shape index (κ2) is 8.65. The molecular formula is C20H26N4O2. The van der Waals surface area contributed by atoms with Crippen molar-refractivity contribution in [2.45, 2.75) is 26.2 Å². The molecule has 1 aromatic carbocycles. The number of piperidine rings is 1. The van der Waals surface area contributed by atoms with Gasteiger partial charge in [0.1, 0.15) is 11.6 Å². The number of para-hydroxylation sites is 1. The molecular weight excluding hydrogens is 328 g/mol. The van der Waals surface area contributed by atoms with Gasteiger partial charge in [0, 0.05) is 19.6 Å². The number of benzene rings is 1. The predicted octanol–water partition coefficient (Wildman–Crippen LogP) is 3.01. The van der Waals surface area contributed by atoms with Crippen molar-refractivity contribution in [2.24, 2.45) is 5.92 Å². The van der Waals surface area contributed by atoms with Crippen molar-refractivity contribution in [1.29, 1.82) is 0 Å². The fraction of sp³-hybridized carbons (Fsp3) is 0.450. The Morgan fingerprint density at radius 1 is 1.19 bits per heavy atom. The number of anilines is 1. The highest BCUT2D eigenvalue weighted by Gasteiger charge is 2.22. The molecule has 0 atom stereocenters. The summed E-state index contributed by atoms with van der Waals surface area (Å²) < 4.78 is 5.36. The molecule has 26 heavy (non-hydrogen) atoms. The van der Waals surface area contributed by atoms with Crippen LogP contribution in [0, 0.1) is 5.92 Å². The summed E-state index contributed by atoms with van der Waals surface area (Å²) in [6.45, 7) is 4.56. The van der Waals surface area contributed by atoms with Crippen LogP contribution in [-0.4, -0.2) is 47.7 Å². The summed E-state index contributed by atoms with van der Waals surface area (Å²) in [6, 6.07) is 11.5. The largest absolute Gasteiger partial charge is 0.496 e. The molecule has 1 saturated heterocycles. The van der Waals surface area contributed by atoms with Gasteiger partial charge < -0.3 is 15.0 Å². The molecule has 3 rings (SSSR count). The van der Waals surface area contributed by atoms with E-state index in [1.54, 1.807) is 13.2 Å². The van der Waals surface area contributed by atoms with Gasteiger partial charge in [-0.3, -0.25) is 4.79 Å². The van der Waals surface area contributed by atoms with Gasteiger partial charge in [-0.05, 0) is 48.9 Å². The Morgan fingerprint density at radius 2 is 1.96 bits per heavy atom. The van der Waals surface area contributed by atoms with Crippen molar-refractivity contribution in [3.05, 3.63) is 47.7 Å². The number of hydrogen-bond donors (Lipinski definition) is 1. The van der Waals surface area contributed by atoms with E-state index in [2.05, 4.69) is 22.4 Å². The molecule has 1 N–H and O–H groups in total. The summed E-state index contributed by atoms with van der Waals surface area (Å²) in [7, 11) is 1.68. The van der Waals surface area contributed by atoms with Crippen LogP contribution < -0.4 is 10.1 Å². The number of nitrogens with zero attached hydrogens (tertiary/aromatic N) is 3. The quantitative estimate of drug-likeness (QED) is 0.864. The highest BCUT2D eigenvalue weighted by atomic mass is 16.5. The minimum atomic E-state index is -0.0232. The molecule has 1 aromatic heterocycles. The third-order valence-electron chi connectivity index (χ3n) is 4.85. The summed E-state index contributed by atoms with van der Waals surface area (Å²) in [5.41, 5.74) is 1.55. The monoisotopic (exact) mass is 354 g/mol. The van der Waals surface area contributed by atoms with Crippen LogP contribution in [-0.2, 0) is 6.42 Å². The van der Waals surface area contributed by atoms with E-state index in [1.165, 1.54) is 0 Å². The van der Waals surface area contributed by atoms with Gasteiger partial charge in [0.25, 0.3) is 5.91 Å². The number of aromatic nitrogens is 2. The smallest absolute Gasteiger partial charge is 0.274 e. The normalized spacial score (nSPS) is 14.9. The molecule has 1 amide bonds. The lowest BCUT2D eigenvalue weighted by molar-refractivity contribution is 0.0690. The van der Waals surface area contributed by atoms with Crippen molar-refractivity contribution in [1.82, 2.24) is 15.1 Å². The van der Waals surface area contributed by atoms with Crippen LogP contribution in [0.25, 0.3) is 0 Å². The van der Waals surface area contributed by atoms with Crippen molar-refractivity contribution >= 4 is 11.7 Å². The molecule has 0 saturated carbocycles. The molecule has 138 valence electrons. The van der Waals surface area contributed by atoms with E-state index in [-0.39, 0.29) is 5.91 Å². The zero-order chi connectivity index (χ0) is 18.4. The average molecular weight is 354 g/mol. The van der Waals surface area contributed by atoms with Gasteiger partial charge >= 0.3 is 0 Å². The molecule has 1 fully saturated rings. The number of carbonyl (C=O) groups excluding carboxylic acids is 1. The first kappa shape index (κ1) is 18.2. The molecule has 6 nitrogen and oxygen atoms in total. The number of methoxy groups -OCH3 is 1. The Kier molecular flexibility index (Phi) is 6.04. The van der Waals surface area contributed by atoms with E-state index in [1.807, 2.05) is 35.2 Å². The Balaban J connectivity index is 1.52. The number of likely N-dealkylation sites (tertiary alicyclic amines) is 1. The van der Waals surface area contributed by atoms with Gasteiger partial charge in [-0.2, -0.15) is 0 Å². The number of hydrogen-bond acceptors (Lipinski definition) is 5. The topological polar surface area (TPSA) is 67.3 Å². The Bertz CT molecular complexity index is 725. The zero-order valence-electron chi connectivity index (χ0n) is 15.4. The first-order valence-electron chi connectivity index (χ1n) is 9.16. The first-order chi connectivity index (χ1) is 12.7. The number of rotatable bonds is 6. The maximum atomic E-state index is 12.5. The van der Waals surface area contributed by atoms with Gasteiger partial charge in [0.2, 0.25) is 0 Å². The van der Waals surface area contributed by atoms with E-state index < -0.39 is 0 Å². The van der Waals surface area contributed by atoms with Gasteiger partial charge in [-0.15, -0.1) is 10.2 Å². The maximum Gasteiger partial charge on any atom is 0.274 e. The molecule has 0 radical (unpaired) electrons. The zero-order valence-corrected chi connectivity index (χ0v) is 15.4. The molecule has 2 aromatic rings. The lowest BCUT2D eigenvalue weighted by Crippen LogP contribution is -2.38. The third-order valence-corrected chi connectivity index (χ3v) is 4.85. The standard InChI is InChI=1S/C20H26N4O2/c1-15-10-13-24(14-11-15)20(25)17-7-8-19(23-22-17)21-12-9-16-5-3-4-6-18(16)26-2/h3-8,15H,9-14H2,1-2H3,(H,21,23). The summed E-state index contributed by atoms with van der Waals surface area (Å²) in [4.78, 5) is 14.4. The maximum absolute atomic E-state index is 12.5. The summed E-state index contributed by atoms with van der Waals surface area (Å²) in [6.07, 6.45) is 2.93. The highest BCUT2D eigenvalue weighted by molar-refractivity contribution is 5.92. The van der Waals surface area contributed by atoms with Crippen molar-refractivity contribution in [2.75, 3.05) is 32.1 Å². The van der Waals surface area contributed by atoms with E-state index in [9.17, 15) is 4.79 Å². The summed E-state index contributed by atoms with van der Waals surface area (Å²) >= 11 is 0. The lowest BCUT2D eigenvalue weighted by Gasteiger charge is -2.29. The van der Waals surface area contributed by atoms with E-state index in [0.29, 0.717) is 24.0 Å². The number of nitrogens with one attached hydrogen (secondary N) is 1. The van der Waals surface area contributed by atoms with Crippen LogP contribution in [0.5, 0.6) is 5.75 Å². The van der Waals surface area contributed by atoms with Crippen LogP contribution in [0.2, 0.25) is 0 Å². The molecule has 2 heterocycles. The molecule has 6 heteroatoms. The minimum absolute atomic E-state index is 0.0232. The van der Waals surface area contributed by atoms with Crippen LogP contribution in [0.15, 0.2) is 36.4 Å². The van der Waals surface area contributed by atoms with Gasteiger partial charge in [-0.25, -0.2) is 0 Å². The molecule has 1 aliphatic rings. The third kappa shape index (κ3) is 4.50.